The molecule has 82 valence electrons. The van der Waals surface area contributed by atoms with Gasteiger partial charge < -0.3 is 9.63 Å². The highest BCUT2D eigenvalue weighted by Gasteiger charge is 2.13. The van der Waals surface area contributed by atoms with Gasteiger partial charge >= 0.3 is 5.97 Å². The molecule has 0 aliphatic rings. The van der Waals surface area contributed by atoms with Crippen LogP contribution in [0.15, 0.2) is 30.3 Å². The molecule has 15 heavy (non-hydrogen) atoms. The zero-order valence-electron chi connectivity index (χ0n) is 8.42. The minimum Gasteiger partial charge on any atom is -0.427 e. The van der Waals surface area contributed by atoms with Crippen LogP contribution < -0.4 is 4.74 Å². The molecule has 0 aliphatic carbocycles. The first-order valence-electron chi connectivity index (χ1n) is 4.52. The van der Waals surface area contributed by atoms with E-state index in [9.17, 15) is 9.36 Å². The summed E-state index contributed by atoms with van der Waals surface area (Å²) in [5, 5.41) is 0. The molecule has 0 amide bonds. The van der Waals surface area contributed by atoms with E-state index in [1.807, 2.05) is 6.07 Å². The maximum absolute atomic E-state index is 11.2. The topological polar surface area (TPSA) is 63.6 Å². The van der Waals surface area contributed by atoms with E-state index < -0.39 is 13.3 Å². The summed E-state index contributed by atoms with van der Waals surface area (Å²) in [5.41, 5.74) is 0. The Kier molecular flexibility index (Phi) is 4.06. The van der Waals surface area contributed by atoms with Crippen molar-refractivity contribution in [3.8, 4) is 5.75 Å². The van der Waals surface area contributed by atoms with Crippen LogP contribution >= 0.6 is 7.37 Å². The van der Waals surface area contributed by atoms with Crippen molar-refractivity contribution in [2.45, 2.75) is 6.42 Å². The van der Waals surface area contributed by atoms with E-state index in [1.54, 1.807) is 24.3 Å². The van der Waals surface area contributed by atoms with Crippen LogP contribution in [0.25, 0.3) is 0 Å². The summed E-state index contributed by atoms with van der Waals surface area (Å²) in [5.74, 6) is -0.0382. The first-order valence-corrected chi connectivity index (χ1v) is 6.81. The van der Waals surface area contributed by atoms with Crippen LogP contribution in [0.1, 0.15) is 6.42 Å². The van der Waals surface area contributed by atoms with E-state index in [0.717, 1.165) is 0 Å². The summed E-state index contributed by atoms with van der Waals surface area (Å²) >= 11 is 0. The van der Waals surface area contributed by atoms with Crippen molar-refractivity contribution in [3.05, 3.63) is 30.3 Å². The highest BCUT2D eigenvalue weighted by Crippen LogP contribution is 2.35. The second-order valence-corrected chi connectivity index (χ2v) is 5.86. The molecule has 4 nitrogen and oxygen atoms in total. The third kappa shape index (κ3) is 5.35. The lowest BCUT2D eigenvalue weighted by molar-refractivity contribution is -0.133. The Labute approximate surface area is 88.3 Å². The molecule has 0 radical (unpaired) electrons. The van der Waals surface area contributed by atoms with Crippen LogP contribution in [0.3, 0.4) is 0 Å². The summed E-state index contributed by atoms with van der Waals surface area (Å²) < 4.78 is 15.9. The number of hydrogen-bond acceptors (Lipinski definition) is 3. The Bertz CT molecular complexity index is 368. The van der Waals surface area contributed by atoms with Crippen LogP contribution in [0.2, 0.25) is 0 Å². The molecule has 1 unspecified atom stereocenters. The summed E-state index contributed by atoms with van der Waals surface area (Å²) in [6.07, 6.45) is -0.0855. The fourth-order valence-corrected chi connectivity index (χ4v) is 1.57. The molecule has 5 heteroatoms. The fourth-order valence-electron chi connectivity index (χ4n) is 0.970. The molecule has 1 N–H and O–H groups in total. The second-order valence-electron chi connectivity index (χ2n) is 3.31. The Morgan fingerprint density at radius 1 is 1.40 bits per heavy atom. The van der Waals surface area contributed by atoms with E-state index in [1.165, 1.54) is 6.66 Å². The van der Waals surface area contributed by atoms with Gasteiger partial charge in [0, 0.05) is 12.8 Å². The molecule has 0 saturated heterocycles. The normalized spacial score (nSPS) is 14.3. The van der Waals surface area contributed by atoms with Gasteiger partial charge in [-0.05, 0) is 12.1 Å². The van der Waals surface area contributed by atoms with Gasteiger partial charge in [-0.3, -0.25) is 9.36 Å². The quantitative estimate of drug-likeness (QED) is 0.485. The molecular weight excluding hydrogens is 215 g/mol. The highest BCUT2D eigenvalue weighted by molar-refractivity contribution is 7.57. The summed E-state index contributed by atoms with van der Waals surface area (Å²) in [6.45, 7) is 1.22. The summed E-state index contributed by atoms with van der Waals surface area (Å²) in [6, 6.07) is 8.62. The molecule has 1 rings (SSSR count). The number of ether oxygens (including phenoxy) is 1. The van der Waals surface area contributed by atoms with Crippen LogP contribution in [0.5, 0.6) is 5.75 Å². The number of rotatable bonds is 4. The van der Waals surface area contributed by atoms with E-state index in [-0.39, 0.29) is 12.6 Å². The van der Waals surface area contributed by atoms with Crippen molar-refractivity contribution in [1.82, 2.24) is 0 Å². The zero-order chi connectivity index (χ0) is 11.3. The first-order chi connectivity index (χ1) is 6.97. The van der Waals surface area contributed by atoms with Crippen LogP contribution in [0, 0.1) is 0 Å². The van der Waals surface area contributed by atoms with Crippen molar-refractivity contribution in [2.24, 2.45) is 0 Å². The number of carbonyl (C=O) groups excluding carboxylic acids is 1. The Hall–Kier alpha value is -1.12. The first kappa shape index (κ1) is 12.0. The third-order valence-corrected chi connectivity index (χ3v) is 2.76. The molecule has 0 fully saturated rings. The monoisotopic (exact) mass is 228 g/mol. The summed E-state index contributed by atoms with van der Waals surface area (Å²) in [4.78, 5) is 20.2. The van der Waals surface area contributed by atoms with E-state index in [2.05, 4.69) is 0 Å². The Balaban J connectivity index is 2.41. The molecule has 1 atom stereocenters. The molecule has 0 aromatic heterocycles. The molecule has 1 aromatic carbocycles. The average Bonchev–Trinajstić information content (AvgIpc) is 2.15. The summed E-state index contributed by atoms with van der Waals surface area (Å²) in [7, 11) is -3.13. The van der Waals surface area contributed by atoms with Gasteiger partial charge in [0.25, 0.3) is 0 Å². The number of esters is 1. The smallest absolute Gasteiger partial charge is 0.311 e. The average molecular weight is 228 g/mol. The van der Waals surface area contributed by atoms with Crippen molar-refractivity contribution in [1.29, 1.82) is 0 Å². The lowest BCUT2D eigenvalue weighted by Gasteiger charge is -2.05. The van der Waals surface area contributed by atoms with Gasteiger partial charge in [0.15, 0.2) is 7.37 Å². The zero-order valence-corrected chi connectivity index (χ0v) is 9.31. The van der Waals surface area contributed by atoms with Crippen LogP contribution in [-0.2, 0) is 9.36 Å². The molecule has 0 heterocycles. The van der Waals surface area contributed by atoms with Gasteiger partial charge in [-0.2, -0.15) is 0 Å². The Morgan fingerprint density at radius 3 is 2.53 bits per heavy atom. The predicted octanol–water partition coefficient (Wildman–Crippen LogP) is 1.88. The molecular formula is C10H13O4P. The number of hydrogen-bond donors (Lipinski definition) is 1. The standard InChI is InChI=1S/C10H13O4P/c1-15(12,13)8-7-10(11)14-9-5-3-2-4-6-9/h2-6H,7-8H2,1H3,(H,12,13). The van der Waals surface area contributed by atoms with Crippen molar-refractivity contribution in [3.63, 3.8) is 0 Å². The molecule has 0 bridgehead atoms. The maximum atomic E-state index is 11.2. The van der Waals surface area contributed by atoms with Gasteiger partial charge in [-0.15, -0.1) is 0 Å². The molecule has 0 aliphatic heterocycles. The lowest BCUT2D eigenvalue weighted by atomic mass is 10.3. The van der Waals surface area contributed by atoms with Crippen LogP contribution in [0.4, 0.5) is 0 Å². The second kappa shape index (κ2) is 5.10. The lowest BCUT2D eigenvalue weighted by Crippen LogP contribution is -2.09. The van der Waals surface area contributed by atoms with Gasteiger partial charge in [0.2, 0.25) is 0 Å². The van der Waals surface area contributed by atoms with E-state index in [0.29, 0.717) is 5.75 Å². The van der Waals surface area contributed by atoms with Gasteiger partial charge in [0.1, 0.15) is 5.75 Å². The largest absolute Gasteiger partial charge is 0.427 e. The van der Waals surface area contributed by atoms with Gasteiger partial charge in [-0.25, -0.2) is 0 Å². The number of benzene rings is 1. The van der Waals surface area contributed by atoms with E-state index >= 15 is 0 Å². The van der Waals surface area contributed by atoms with Crippen molar-refractivity contribution >= 4 is 13.3 Å². The minimum absolute atomic E-state index is 0.0425. The predicted molar refractivity (Wildman–Crippen MR) is 57.3 cm³/mol. The minimum atomic E-state index is -3.13. The molecule has 1 aromatic rings. The van der Waals surface area contributed by atoms with Crippen LogP contribution in [-0.4, -0.2) is 23.7 Å². The number of para-hydroxylation sites is 1. The molecule has 0 saturated carbocycles. The van der Waals surface area contributed by atoms with Gasteiger partial charge in [0.05, 0.1) is 6.42 Å². The maximum Gasteiger partial charge on any atom is 0.311 e. The van der Waals surface area contributed by atoms with Crippen molar-refractivity contribution < 1.29 is 19.0 Å². The van der Waals surface area contributed by atoms with E-state index in [4.69, 9.17) is 9.63 Å². The highest BCUT2D eigenvalue weighted by atomic mass is 31.2. The molecule has 0 spiro atoms. The SMILES string of the molecule is CP(=O)(O)CCC(=O)Oc1ccccc1. The van der Waals surface area contributed by atoms with Gasteiger partial charge in [-0.1, -0.05) is 18.2 Å². The number of carbonyl (C=O) groups is 1. The Morgan fingerprint density at radius 2 is 2.00 bits per heavy atom. The third-order valence-electron chi connectivity index (χ3n) is 1.71. The fraction of sp³-hybridized carbons (Fsp3) is 0.300. The van der Waals surface area contributed by atoms with Crippen molar-refractivity contribution in [2.75, 3.05) is 12.8 Å².